The summed E-state index contributed by atoms with van der Waals surface area (Å²) in [5, 5.41) is 14.5. The number of ether oxygens (including phenoxy) is 1. The molecule has 0 aliphatic heterocycles. The fourth-order valence-electron chi connectivity index (χ4n) is 2.72. The van der Waals surface area contributed by atoms with Crippen molar-refractivity contribution in [3.05, 3.63) is 29.2 Å². The van der Waals surface area contributed by atoms with Gasteiger partial charge in [-0.1, -0.05) is 6.92 Å². The van der Waals surface area contributed by atoms with E-state index < -0.39 is 0 Å². The van der Waals surface area contributed by atoms with Crippen molar-refractivity contribution < 1.29 is 9.53 Å². The highest BCUT2D eigenvalue weighted by atomic mass is 16.5. The quantitative estimate of drug-likeness (QED) is 0.812. The smallest absolute Gasteiger partial charge is 0.320 e. The van der Waals surface area contributed by atoms with Gasteiger partial charge in [-0.3, -0.25) is 14.7 Å². The van der Waals surface area contributed by atoms with E-state index in [1.807, 2.05) is 32.5 Å². The van der Waals surface area contributed by atoms with Gasteiger partial charge in [0.15, 0.2) is 5.82 Å². The fourth-order valence-corrected chi connectivity index (χ4v) is 2.72. The van der Waals surface area contributed by atoms with Gasteiger partial charge in [0.1, 0.15) is 0 Å². The van der Waals surface area contributed by atoms with Crippen LogP contribution < -0.4 is 10.6 Å². The van der Waals surface area contributed by atoms with Crippen molar-refractivity contribution in [2.75, 3.05) is 19.0 Å². The van der Waals surface area contributed by atoms with Crippen LogP contribution in [0.25, 0.3) is 0 Å². The van der Waals surface area contributed by atoms with Crippen LogP contribution in [0.4, 0.5) is 10.6 Å². The Hall–Kier alpha value is -2.35. The molecule has 0 unspecified atom stereocenters. The number of carbonyl (C=O) groups excluding carboxylic acids is 1. The molecule has 0 aromatic carbocycles. The number of aryl methyl sites for hydroxylation is 2. The molecule has 2 aromatic rings. The Kier molecular flexibility index (Phi) is 5.97. The number of anilines is 1. The second-order valence-electron chi connectivity index (χ2n) is 5.72. The van der Waals surface area contributed by atoms with Gasteiger partial charge >= 0.3 is 6.03 Å². The molecule has 2 rings (SSSR count). The number of carbonyl (C=O) groups is 1. The lowest BCUT2D eigenvalue weighted by atomic mass is 10.0. The van der Waals surface area contributed by atoms with E-state index in [1.54, 1.807) is 24.1 Å². The summed E-state index contributed by atoms with van der Waals surface area (Å²) in [7, 11) is 3.55. The van der Waals surface area contributed by atoms with E-state index in [9.17, 15) is 4.79 Å². The molecular weight excluding hydrogens is 308 g/mol. The Labute approximate surface area is 142 Å². The van der Waals surface area contributed by atoms with Crippen molar-refractivity contribution in [2.45, 2.75) is 39.8 Å². The monoisotopic (exact) mass is 334 g/mol. The summed E-state index contributed by atoms with van der Waals surface area (Å²) in [5.41, 5.74) is 3.07. The Balaban J connectivity index is 2.00. The summed E-state index contributed by atoms with van der Waals surface area (Å²) in [5.74, 6) is 0.512. The van der Waals surface area contributed by atoms with Crippen molar-refractivity contribution in [3.63, 3.8) is 0 Å². The fraction of sp³-hybridized carbons (Fsp3) is 0.562. The van der Waals surface area contributed by atoms with E-state index in [1.165, 1.54) is 0 Å². The molecule has 0 saturated heterocycles. The molecular formula is C16H26N6O2. The van der Waals surface area contributed by atoms with Crippen molar-refractivity contribution in [1.82, 2.24) is 24.9 Å². The molecule has 0 bridgehead atoms. The molecule has 0 radical (unpaired) electrons. The largest absolute Gasteiger partial charge is 0.383 e. The van der Waals surface area contributed by atoms with Crippen LogP contribution in [-0.4, -0.2) is 39.3 Å². The van der Waals surface area contributed by atoms with Gasteiger partial charge in [0.2, 0.25) is 0 Å². The molecule has 0 spiro atoms. The number of amides is 2. The minimum absolute atomic E-state index is 0.0886. The third-order valence-corrected chi connectivity index (χ3v) is 4.03. The topological polar surface area (TPSA) is 86.0 Å². The normalized spacial score (nSPS) is 12.2. The summed E-state index contributed by atoms with van der Waals surface area (Å²) < 4.78 is 8.57. The first-order chi connectivity index (χ1) is 11.5. The number of nitrogens with one attached hydrogen (secondary N) is 2. The van der Waals surface area contributed by atoms with Gasteiger partial charge in [0, 0.05) is 37.7 Å². The number of nitrogens with zero attached hydrogens (tertiary/aromatic N) is 4. The molecule has 24 heavy (non-hydrogen) atoms. The molecule has 0 saturated carbocycles. The molecule has 0 aliphatic rings. The third kappa shape index (κ3) is 4.14. The lowest BCUT2D eigenvalue weighted by molar-refractivity contribution is 0.183. The Bertz CT molecular complexity index is 691. The highest BCUT2D eigenvalue weighted by molar-refractivity contribution is 5.88. The molecule has 132 valence electrons. The molecule has 0 aliphatic carbocycles. The number of methoxy groups -OCH3 is 1. The maximum Gasteiger partial charge on any atom is 0.320 e. The van der Waals surface area contributed by atoms with Gasteiger partial charge in [-0.2, -0.15) is 10.2 Å². The Morgan fingerprint density at radius 2 is 2.12 bits per heavy atom. The zero-order valence-corrected chi connectivity index (χ0v) is 15.0. The number of hydrogen-bond acceptors (Lipinski definition) is 4. The van der Waals surface area contributed by atoms with Crippen molar-refractivity contribution in [3.8, 4) is 0 Å². The highest BCUT2D eigenvalue weighted by Gasteiger charge is 2.20. The predicted octanol–water partition coefficient (Wildman–Crippen LogP) is 2.15. The highest BCUT2D eigenvalue weighted by Crippen LogP contribution is 2.23. The summed E-state index contributed by atoms with van der Waals surface area (Å²) in [6.45, 7) is 7.23. The predicted molar refractivity (Wildman–Crippen MR) is 92.0 cm³/mol. The van der Waals surface area contributed by atoms with Gasteiger partial charge in [0.25, 0.3) is 0 Å². The first kappa shape index (κ1) is 18.0. The van der Waals surface area contributed by atoms with E-state index in [0.29, 0.717) is 19.0 Å². The maximum absolute atomic E-state index is 12.3. The van der Waals surface area contributed by atoms with Crippen LogP contribution in [0.1, 0.15) is 36.3 Å². The molecule has 2 amide bonds. The van der Waals surface area contributed by atoms with Crippen LogP contribution in [0.15, 0.2) is 12.3 Å². The summed E-state index contributed by atoms with van der Waals surface area (Å²) in [4.78, 5) is 12.3. The minimum Gasteiger partial charge on any atom is -0.383 e. The van der Waals surface area contributed by atoms with Crippen molar-refractivity contribution in [2.24, 2.45) is 7.05 Å². The van der Waals surface area contributed by atoms with E-state index >= 15 is 0 Å². The number of hydrogen-bond donors (Lipinski definition) is 2. The van der Waals surface area contributed by atoms with Crippen LogP contribution in [0, 0.1) is 13.8 Å². The molecule has 0 fully saturated rings. The number of aromatic nitrogens is 4. The van der Waals surface area contributed by atoms with Crippen LogP contribution in [-0.2, 0) is 18.3 Å². The van der Waals surface area contributed by atoms with Crippen LogP contribution >= 0.6 is 0 Å². The van der Waals surface area contributed by atoms with E-state index in [4.69, 9.17) is 4.74 Å². The summed E-state index contributed by atoms with van der Waals surface area (Å²) in [6, 6.07) is 1.40. The van der Waals surface area contributed by atoms with Gasteiger partial charge in [-0.05, 0) is 20.3 Å². The van der Waals surface area contributed by atoms with Gasteiger partial charge in [-0.15, -0.1) is 0 Å². The van der Waals surface area contributed by atoms with E-state index in [-0.39, 0.29) is 12.1 Å². The first-order valence-electron chi connectivity index (χ1n) is 8.06. The average molecular weight is 334 g/mol. The lowest BCUT2D eigenvalue weighted by Crippen LogP contribution is -2.33. The van der Waals surface area contributed by atoms with Gasteiger partial charge in [-0.25, -0.2) is 4.79 Å². The summed E-state index contributed by atoms with van der Waals surface area (Å²) >= 11 is 0. The minimum atomic E-state index is -0.276. The van der Waals surface area contributed by atoms with Crippen LogP contribution in [0.2, 0.25) is 0 Å². The molecule has 2 aromatic heterocycles. The average Bonchev–Trinajstić information content (AvgIpc) is 3.08. The first-order valence-corrected chi connectivity index (χ1v) is 8.06. The summed E-state index contributed by atoms with van der Waals surface area (Å²) in [6.07, 6.45) is 2.59. The second-order valence-corrected chi connectivity index (χ2v) is 5.72. The SMILES string of the molecule is CC[C@@H](NC(=O)Nc1ccn(CCOC)n1)c1c(C)nn(C)c1C. The van der Waals surface area contributed by atoms with Crippen LogP contribution in [0.3, 0.4) is 0 Å². The number of urea groups is 1. The van der Waals surface area contributed by atoms with Crippen LogP contribution in [0.5, 0.6) is 0 Å². The molecule has 2 N–H and O–H groups in total. The zero-order chi connectivity index (χ0) is 17.7. The molecule has 8 nitrogen and oxygen atoms in total. The van der Waals surface area contributed by atoms with Crippen molar-refractivity contribution in [1.29, 1.82) is 0 Å². The molecule has 1 atom stereocenters. The van der Waals surface area contributed by atoms with E-state index in [2.05, 4.69) is 20.8 Å². The van der Waals surface area contributed by atoms with E-state index in [0.717, 1.165) is 23.4 Å². The standard InChI is InChI=1S/C16H26N6O2/c1-6-13(15-11(2)19-21(4)12(15)3)17-16(23)18-14-7-8-22(20-14)9-10-24-5/h7-8,13H,6,9-10H2,1-5H3,(H2,17,18,20,23)/t13-/m1/s1. The Morgan fingerprint density at radius 1 is 1.38 bits per heavy atom. The molecule has 2 heterocycles. The molecule has 8 heteroatoms. The second kappa shape index (κ2) is 7.96. The Morgan fingerprint density at radius 3 is 2.71 bits per heavy atom. The third-order valence-electron chi connectivity index (χ3n) is 4.03. The van der Waals surface area contributed by atoms with Gasteiger partial charge in [0.05, 0.1) is 24.9 Å². The zero-order valence-electron chi connectivity index (χ0n) is 15.0. The number of rotatable bonds is 7. The van der Waals surface area contributed by atoms with Crippen molar-refractivity contribution >= 4 is 11.8 Å². The maximum atomic E-state index is 12.3. The van der Waals surface area contributed by atoms with Gasteiger partial charge < -0.3 is 10.1 Å². The lowest BCUT2D eigenvalue weighted by Gasteiger charge is -2.18.